The molecule has 6 heteroatoms. The molecule has 0 saturated carbocycles. The summed E-state index contributed by atoms with van der Waals surface area (Å²) in [6, 6.07) is 9.72. The fourth-order valence-corrected chi connectivity index (χ4v) is 11.9. The van der Waals surface area contributed by atoms with Crippen LogP contribution in [0.3, 0.4) is 0 Å². The van der Waals surface area contributed by atoms with Crippen LogP contribution in [0, 0.1) is 17.8 Å². The van der Waals surface area contributed by atoms with E-state index >= 15 is 0 Å². The lowest BCUT2D eigenvalue weighted by molar-refractivity contribution is -0.173. The average Bonchev–Trinajstić information content (AvgIpc) is 2.87. The summed E-state index contributed by atoms with van der Waals surface area (Å²) in [7, 11) is -2.30. The summed E-state index contributed by atoms with van der Waals surface area (Å²) < 4.78 is 18.5. The maximum absolute atomic E-state index is 13.9. The van der Waals surface area contributed by atoms with E-state index in [1.54, 1.807) is 13.8 Å². The van der Waals surface area contributed by atoms with Crippen molar-refractivity contribution in [3.8, 4) is 12.3 Å². The Morgan fingerprint density at radius 2 is 1.39 bits per heavy atom. The number of allylic oxidation sites excluding steroid dienone is 2. The second-order valence-electron chi connectivity index (χ2n) is 11.2. The number of hydrogen-bond acceptors (Lipinski definition) is 5. The normalized spacial score (nSPS) is 15.4. The Balaban J connectivity index is 2.96. The molecule has 0 aromatic heterocycles. The van der Waals surface area contributed by atoms with Crippen molar-refractivity contribution in [2.24, 2.45) is 5.41 Å². The summed E-state index contributed by atoms with van der Waals surface area (Å²) in [4.78, 5) is 27.7. The van der Waals surface area contributed by atoms with Gasteiger partial charge in [-0.1, -0.05) is 71.9 Å². The molecule has 1 aromatic carbocycles. The van der Waals surface area contributed by atoms with E-state index < -0.39 is 31.6 Å². The number of benzene rings is 1. The molecule has 1 unspecified atom stereocenters. The molecule has 5 nitrogen and oxygen atoms in total. The Labute approximate surface area is 231 Å². The molecular formula is C32H48O5Si. The van der Waals surface area contributed by atoms with E-state index in [9.17, 15) is 9.59 Å². The fourth-order valence-electron chi connectivity index (χ4n) is 6.56. The summed E-state index contributed by atoms with van der Waals surface area (Å²) >= 11 is 0. The van der Waals surface area contributed by atoms with Crippen LogP contribution < -0.4 is 0 Å². The smallest absolute Gasteiger partial charge is 0.325 e. The SMILES string of the molecule is C#CCC(C(=O)OCC)(C(=O)OCC)C(C1=C(O[Si](C(C)C)(C(C)C)C(C)C)CCCC1)c1ccccc1. The van der Waals surface area contributed by atoms with Crippen molar-refractivity contribution in [3.63, 3.8) is 0 Å². The molecule has 0 saturated heterocycles. The van der Waals surface area contributed by atoms with E-state index in [-0.39, 0.29) is 19.6 Å². The van der Waals surface area contributed by atoms with E-state index in [0.29, 0.717) is 16.6 Å². The van der Waals surface area contributed by atoms with E-state index in [4.69, 9.17) is 20.3 Å². The zero-order chi connectivity index (χ0) is 28.5. The second-order valence-corrected chi connectivity index (χ2v) is 16.6. The van der Waals surface area contributed by atoms with Gasteiger partial charge in [-0.15, -0.1) is 12.3 Å². The van der Waals surface area contributed by atoms with Gasteiger partial charge in [0.1, 0.15) is 0 Å². The predicted molar refractivity (Wildman–Crippen MR) is 156 cm³/mol. The maximum atomic E-state index is 13.9. The Morgan fingerprint density at radius 3 is 1.84 bits per heavy atom. The largest absolute Gasteiger partial charge is 0.546 e. The summed E-state index contributed by atoms with van der Waals surface area (Å²) in [6.07, 6.45) is 9.20. The van der Waals surface area contributed by atoms with Crippen molar-refractivity contribution >= 4 is 20.3 Å². The van der Waals surface area contributed by atoms with E-state index in [2.05, 4.69) is 47.5 Å². The monoisotopic (exact) mass is 540 g/mol. The zero-order valence-corrected chi connectivity index (χ0v) is 25.8. The van der Waals surface area contributed by atoms with Gasteiger partial charge in [-0.2, -0.15) is 0 Å². The number of carbonyl (C=O) groups excluding carboxylic acids is 2. The molecule has 0 heterocycles. The number of ether oxygens (including phenoxy) is 2. The molecule has 2 rings (SSSR count). The summed E-state index contributed by atoms with van der Waals surface area (Å²) in [5.41, 5.74) is 1.28. The van der Waals surface area contributed by atoms with Crippen molar-refractivity contribution in [1.82, 2.24) is 0 Å². The molecule has 0 N–H and O–H groups in total. The molecule has 0 fully saturated rings. The first-order valence-corrected chi connectivity index (χ1v) is 16.4. The van der Waals surface area contributed by atoms with Crippen LogP contribution >= 0.6 is 0 Å². The highest BCUT2D eigenvalue weighted by molar-refractivity contribution is 6.77. The first-order valence-electron chi connectivity index (χ1n) is 14.3. The lowest BCUT2D eigenvalue weighted by Gasteiger charge is -2.45. The topological polar surface area (TPSA) is 61.8 Å². The minimum atomic E-state index is -2.30. The second kappa shape index (κ2) is 14.0. The molecular weight excluding hydrogens is 492 g/mol. The summed E-state index contributed by atoms with van der Waals surface area (Å²) in [5.74, 6) is 1.65. The fraction of sp³-hybridized carbons (Fsp3) is 0.625. The third-order valence-corrected chi connectivity index (χ3v) is 14.1. The van der Waals surface area contributed by atoms with Gasteiger partial charge in [0.05, 0.1) is 19.0 Å². The molecule has 0 bridgehead atoms. The highest BCUT2D eigenvalue weighted by Crippen LogP contribution is 2.52. The van der Waals surface area contributed by atoms with Crippen molar-refractivity contribution < 1.29 is 23.5 Å². The van der Waals surface area contributed by atoms with Gasteiger partial charge in [-0.05, 0) is 60.9 Å². The van der Waals surface area contributed by atoms with Gasteiger partial charge >= 0.3 is 11.9 Å². The van der Waals surface area contributed by atoms with Gasteiger partial charge in [0.15, 0.2) is 5.41 Å². The van der Waals surface area contributed by atoms with Crippen LogP contribution in [0.5, 0.6) is 0 Å². The van der Waals surface area contributed by atoms with Crippen LogP contribution in [0.4, 0.5) is 0 Å². The van der Waals surface area contributed by atoms with Gasteiger partial charge in [-0.3, -0.25) is 9.59 Å². The number of rotatable bonds is 13. The van der Waals surface area contributed by atoms with Crippen LogP contribution in [0.25, 0.3) is 0 Å². The van der Waals surface area contributed by atoms with E-state index in [0.717, 1.165) is 42.6 Å². The molecule has 38 heavy (non-hydrogen) atoms. The van der Waals surface area contributed by atoms with Crippen molar-refractivity contribution in [2.45, 2.75) is 110 Å². The molecule has 0 radical (unpaired) electrons. The molecule has 1 aliphatic carbocycles. The number of hydrogen-bond donors (Lipinski definition) is 0. The number of carbonyl (C=O) groups is 2. The highest BCUT2D eigenvalue weighted by Gasteiger charge is 2.57. The predicted octanol–water partition coefficient (Wildman–Crippen LogP) is 7.93. The summed E-state index contributed by atoms with van der Waals surface area (Å²) in [6.45, 7) is 17.4. The Hall–Kier alpha value is -2.52. The van der Waals surface area contributed by atoms with Crippen LogP contribution in [0.2, 0.25) is 16.6 Å². The minimum Gasteiger partial charge on any atom is -0.546 e. The quantitative estimate of drug-likeness (QED) is 0.110. The molecule has 1 aliphatic rings. The molecule has 1 aromatic rings. The van der Waals surface area contributed by atoms with Crippen LogP contribution in [-0.2, 0) is 23.5 Å². The Kier molecular flexibility index (Phi) is 11.7. The van der Waals surface area contributed by atoms with Gasteiger partial charge in [-0.25, -0.2) is 0 Å². The minimum absolute atomic E-state index is 0.123. The molecule has 210 valence electrons. The van der Waals surface area contributed by atoms with Crippen LogP contribution in [0.1, 0.15) is 99.0 Å². The third kappa shape index (κ3) is 6.20. The molecule has 0 spiro atoms. The van der Waals surface area contributed by atoms with Crippen molar-refractivity contribution in [2.75, 3.05) is 13.2 Å². The highest BCUT2D eigenvalue weighted by atomic mass is 28.4. The average molecular weight is 541 g/mol. The lowest BCUT2D eigenvalue weighted by atomic mass is 9.64. The van der Waals surface area contributed by atoms with Crippen molar-refractivity contribution in [3.05, 3.63) is 47.2 Å². The van der Waals surface area contributed by atoms with Gasteiger partial charge in [0, 0.05) is 18.8 Å². The zero-order valence-electron chi connectivity index (χ0n) is 24.8. The van der Waals surface area contributed by atoms with Crippen LogP contribution in [-0.4, -0.2) is 33.5 Å². The van der Waals surface area contributed by atoms with Crippen LogP contribution in [0.15, 0.2) is 41.7 Å². The molecule has 0 amide bonds. The Bertz CT molecular complexity index is 963. The standard InChI is InChI=1S/C32H48O5Si/c1-10-22-32(30(33)35-11-2,31(34)36-12-3)29(26-18-14-13-15-19-26)27-20-16-17-21-28(27)37-38(23(4)5,24(6)7)25(8)9/h1,13-15,18-19,23-25,29H,11-12,16-17,20-22H2,2-9H3. The maximum Gasteiger partial charge on any atom is 0.325 e. The third-order valence-electron chi connectivity index (χ3n) is 8.10. The lowest BCUT2D eigenvalue weighted by Crippen LogP contribution is -2.49. The number of terminal acetylenes is 1. The van der Waals surface area contributed by atoms with Gasteiger partial charge in [0.2, 0.25) is 0 Å². The van der Waals surface area contributed by atoms with E-state index in [1.165, 1.54) is 0 Å². The summed E-state index contributed by atoms with van der Waals surface area (Å²) in [5, 5.41) is 0. The first-order chi connectivity index (χ1) is 18.0. The molecule has 1 atom stereocenters. The first kappa shape index (κ1) is 31.7. The van der Waals surface area contributed by atoms with Crippen molar-refractivity contribution in [1.29, 1.82) is 0 Å². The van der Waals surface area contributed by atoms with E-state index in [1.807, 2.05) is 30.3 Å². The molecule has 0 aliphatic heterocycles. The Morgan fingerprint density at radius 1 is 0.895 bits per heavy atom. The van der Waals surface area contributed by atoms with Gasteiger partial charge in [0.25, 0.3) is 8.32 Å². The number of esters is 2. The van der Waals surface area contributed by atoms with Gasteiger partial charge < -0.3 is 13.9 Å².